The van der Waals surface area contributed by atoms with Crippen LogP contribution in [-0.4, -0.2) is 79.8 Å². The van der Waals surface area contributed by atoms with Crippen LogP contribution in [0.4, 0.5) is 0 Å². The number of methoxy groups -OCH3 is 1. The van der Waals surface area contributed by atoms with Crippen molar-refractivity contribution in [3.8, 4) is 0 Å². The Morgan fingerprint density at radius 2 is 2.41 bits per heavy atom. The minimum absolute atomic E-state index is 0.130. The van der Waals surface area contributed by atoms with Crippen LogP contribution >= 0.6 is 0 Å². The maximum Gasteiger partial charge on any atom is 0.223 e. The lowest BCUT2D eigenvalue weighted by Crippen LogP contribution is -2.50. The number of rotatable bonds is 8. The number of amides is 1. The Bertz CT molecular complexity index is 598. The van der Waals surface area contributed by atoms with Gasteiger partial charge in [0.25, 0.3) is 0 Å². The van der Waals surface area contributed by atoms with Gasteiger partial charge in [-0.15, -0.1) is 0 Å². The quantitative estimate of drug-likeness (QED) is 0.696. The normalized spacial score (nSPS) is 25.4. The zero-order valence-corrected chi connectivity index (χ0v) is 16.7. The van der Waals surface area contributed by atoms with E-state index in [4.69, 9.17) is 9.47 Å². The number of aromatic nitrogens is 1. The van der Waals surface area contributed by atoms with Crippen LogP contribution in [-0.2, 0) is 20.7 Å². The molecule has 0 N–H and O–H groups in total. The highest BCUT2D eigenvalue weighted by Crippen LogP contribution is 2.37. The lowest BCUT2D eigenvalue weighted by molar-refractivity contribution is -0.139. The predicted octanol–water partition coefficient (Wildman–Crippen LogP) is 1.99. The van der Waals surface area contributed by atoms with Gasteiger partial charge in [-0.1, -0.05) is 6.07 Å². The van der Waals surface area contributed by atoms with Crippen molar-refractivity contribution in [3.05, 3.63) is 30.1 Å². The summed E-state index contributed by atoms with van der Waals surface area (Å²) in [5, 5.41) is 0. The molecule has 1 aromatic heterocycles. The van der Waals surface area contributed by atoms with Crippen LogP contribution in [0.5, 0.6) is 0 Å². The summed E-state index contributed by atoms with van der Waals surface area (Å²) in [5.41, 5.74) is 0.989. The van der Waals surface area contributed by atoms with Gasteiger partial charge in [-0.05, 0) is 50.3 Å². The molecule has 2 aliphatic heterocycles. The maximum atomic E-state index is 12.7. The SMILES string of the molecule is COCCN(C)C[C@H]1CO[C@]2(CCCN(C(=O)CCc3cccnc3)C2)C1. The topological polar surface area (TPSA) is 54.9 Å². The fourth-order valence-electron chi connectivity index (χ4n) is 4.39. The first kappa shape index (κ1) is 20.2. The van der Waals surface area contributed by atoms with Crippen LogP contribution in [0, 0.1) is 5.92 Å². The Morgan fingerprint density at radius 3 is 3.19 bits per heavy atom. The van der Waals surface area contributed by atoms with E-state index in [9.17, 15) is 4.79 Å². The molecule has 1 aromatic rings. The molecule has 0 radical (unpaired) electrons. The van der Waals surface area contributed by atoms with E-state index in [0.29, 0.717) is 12.3 Å². The zero-order chi connectivity index (χ0) is 19.1. The van der Waals surface area contributed by atoms with Crippen LogP contribution < -0.4 is 0 Å². The van der Waals surface area contributed by atoms with Gasteiger partial charge in [0.05, 0.1) is 18.8 Å². The Hall–Kier alpha value is -1.50. The van der Waals surface area contributed by atoms with Gasteiger partial charge >= 0.3 is 0 Å². The van der Waals surface area contributed by atoms with Crippen LogP contribution in [0.25, 0.3) is 0 Å². The van der Waals surface area contributed by atoms with Gasteiger partial charge in [-0.2, -0.15) is 0 Å². The molecule has 0 aromatic carbocycles. The van der Waals surface area contributed by atoms with E-state index in [0.717, 1.165) is 70.6 Å². The highest BCUT2D eigenvalue weighted by Gasteiger charge is 2.44. The molecule has 27 heavy (non-hydrogen) atoms. The minimum atomic E-state index is -0.130. The molecular weight excluding hydrogens is 342 g/mol. The highest BCUT2D eigenvalue weighted by atomic mass is 16.5. The number of nitrogens with zero attached hydrogens (tertiary/aromatic N) is 3. The predicted molar refractivity (Wildman–Crippen MR) is 105 cm³/mol. The summed E-state index contributed by atoms with van der Waals surface area (Å²) in [6.45, 7) is 5.13. The van der Waals surface area contributed by atoms with E-state index in [-0.39, 0.29) is 11.5 Å². The third-order valence-electron chi connectivity index (χ3n) is 5.78. The Labute approximate surface area is 162 Å². The summed E-state index contributed by atoms with van der Waals surface area (Å²) in [7, 11) is 3.88. The standard InChI is InChI=1S/C21H33N3O3/c1-23(11-12-26-2)15-19-13-21(27-16-19)8-4-10-24(17-21)20(25)7-6-18-5-3-9-22-14-18/h3,5,9,14,19H,4,6-8,10-13,15-17H2,1-2H3/t19-,21+/m0/s1. The van der Waals surface area contributed by atoms with Crippen LogP contribution in [0.1, 0.15) is 31.2 Å². The Balaban J connectivity index is 1.48. The third-order valence-corrected chi connectivity index (χ3v) is 5.78. The molecule has 0 unspecified atom stereocenters. The Kier molecular flexibility index (Phi) is 7.21. The average molecular weight is 376 g/mol. The molecule has 6 nitrogen and oxygen atoms in total. The summed E-state index contributed by atoms with van der Waals surface area (Å²) in [5.74, 6) is 0.777. The molecular formula is C21H33N3O3. The molecule has 3 rings (SSSR count). The second-order valence-electron chi connectivity index (χ2n) is 8.10. The van der Waals surface area contributed by atoms with E-state index in [1.165, 1.54) is 0 Å². The maximum absolute atomic E-state index is 12.7. The van der Waals surface area contributed by atoms with Crippen molar-refractivity contribution < 1.29 is 14.3 Å². The van der Waals surface area contributed by atoms with E-state index in [1.54, 1.807) is 13.3 Å². The summed E-state index contributed by atoms with van der Waals surface area (Å²) in [6.07, 6.45) is 8.06. The second-order valence-corrected chi connectivity index (χ2v) is 8.10. The fourth-order valence-corrected chi connectivity index (χ4v) is 4.39. The highest BCUT2D eigenvalue weighted by molar-refractivity contribution is 5.76. The fraction of sp³-hybridized carbons (Fsp3) is 0.714. The lowest BCUT2D eigenvalue weighted by Gasteiger charge is -2.40. The largest absolute Gasteiger partial charge is 0.383 e. The number of aryl methyl sites for hydroxylation is 1. The van der Waals surface area contributed by atoms with Gasteiger partial charge in [-0.3, -0.25) is 9.78 Å². The molecule has 0 bridgehead atoms. The van der Waals surface area contributed by atoms with Gasteiger partial charge in [0.2, 0.25) is 5.91 Å². The van der Waals surface area contributed by atoms with Crippen molar-refractivity contribution in [2.45, 2.75) is 37.7 Å². The molecule has 2 saturated heterocycles. The molecule has 150 valence electrons. The number of hydrogen-bond donors (Lipinski definition) is 0. The van der Waals surface area contributed by atoms with Gasteiger partial charge in [0, 0.05) is 52.1 Å². The monoisotopic (exact) mass is 375 g/mol. The van der Waals surface area contributed by atoms with Crippen molar-refractivity contribution >= 4 is 5.91 Å². The summed E-state index contributed by atoms with van der Waals surface area (Å²) < 4.78 is 11.4. The molecule has 0 aliphatic carbocycles. The summed E-state index contributed by atoms with van der Waals surface area (Å²) in [6, 6.07) is 3.95. The second kappa shape index (κ2) is 9.62. The molecule has 0 saturated carbocycles. The third kappa shape index (κ3) is 5.74. The minimum Gasteiger partial charge on any atom is -0.383 e. The van der Waals surface area contributed by atoms with Gasteiger partial charge in [0.1, 0.15) is 0 Å². The smallest absolute Gasteiger partial charge is 0.223 e. The van der Waals surface area contributed by atoms with E-state index < -0.39 is 0 Å². The van der Waals surface area contributed by atoms with E-state index in [2.05, 4.69) is 16.9 Å². The molecule has 2 atom stereocenters. The van der Waals surface area contributed by atoms with Crippen molar-refractivity contribution in [2.75, 3.05) is 53.6 Å². The number of pyridine rings is 1. The number of carbonyl (C=O) groups excluding carboxylic acids is 1. The van der Waals surface area contributed by atoms with E-state index >= 15 is 0 Å². The number of hydrogen-bond acceptors (Lipinski definition) is 5. The van der Waals surface area contributed by atoms with Crippen molar-refractivity contribution in [2.24, 2.45) is 5.92 Å². The van der Waals surface area contributed by atoms with Crippen molar-refractivity contribution in [1.82, 2.24) is 14.8 Å². The summed E-state index contributed by atoms with van der Waals surface area (Å²) >= 11 is 0. The van der Waals surface area contributed by atoms with E-state index in [1.807, 2.05) is 23.2 Å². The first-order chi connectivity index (χ1) is 13.1. The number of carbonyl (C=O) groups is 1. The summed E-state index contributed by atoms with van der Waals surface area (Å²) in [4.78, 5) is 21.2. The number of likely N-dealkylation sites (N-methyl/N-ethyl adjacent to an activating group) is 1. The zero-order valence-electron chi connectivity index (χ0n) is 16.7. The Morgan fingerprint density at radius 1 is 1.52 bits per heavy atom. The molecule has 2 fully saturated rings. The van der Waals surface area contributed by atoms with Crippen LogP contribution in [0.3, 0.4) is 0 Å². The first-order valence-corrected chi connectivity index (χ1v) is 10.1. The number of piperidine rings is 1. The van der Waals surface area contributed by atoms with Gasteiger partial charge in [0.15, 0.2) is 0 Å². The molecule has 3 heterocycles. The number of ether oxygens (including phenoxy) is 2. The van der Waals surface area contributed by atoms with Crippen LogP contribution in [0.2, 0.25) is 0 Å². The van der Waals surface area contributed by atoms with Gasteiger partial charge < -0.3 is 19.3 Å². The molecule has 1 amide bonds. The van der Waals surface area contributed by atoms with Gasteiger partial charge in [-0.25, -0.2) is 0 Å². The molecule has 2 aliphatic rings. The van der Waals surface area contributed by atoms with Crippen molar-refractivity contribution in [3.63, 3.8) is 0 Å². The van der Waals surface area contributed by atoms with Crippen LogP contribution in [0.15, 0.2) is 24.5 Å². The molecule has 1 spiro atoms. The molecule has 6 heteroatoms. The lowest BCUT2D eigenvalue weighted by atomic mass is 9.86. The average Bonchev–Trinajstić information content (AvgIpc) is 3.06. The van der Waals surface area contributed by atoms with Crippen molar-refractivity contribution in [1.29, 1.82) is 0 Å². The first-order valence-electron chi connectivity index (χ1n) is 10.1. The number of likely N-dealkylation sites (tertiary alicyclic amines) is 1.